The molecule has 0 bridgehead atoms. The number of aromatic amines is 1. The number of H-pyrrole nitrogens is 1. The Morgan fingerprint density at radius 1 is 1.24 bits per heavy atom. The highest BCUT2D eigenvalue weighted by Crippen LogP contribution is 2.57. The van der Waals surface area contributed by atoms with Crippen LogP contribution < -0.4 is 24.8 Å². The van der Waals surface area contributed by atoms with Crippen LogP contribution in [0.1, 0.15) is 18.1 Å². The van der Waals surface area contributed by atoms with Gasteiger partial charge >= 0.3 is 5.97 Å². The zero-order valence-corrected chi connectivity index (χ0v) is 20.3. The number of anilines is 1. The molecule has 0 fully saturated rings. The maximum Gasteiger partial charge on any atom is 0.325 e. The van der Waals surface area contributed by atoms with Crippen LogP contribution >= 0.6 is 0 Å². The number of esters is 1. The molecule has 1 atom stereocenters. The van der Waals surface area contributed by atoms with Crippen molar-refractivity contribution >= 4 is 17.6 Å². The molecule has 188 valence electrons. The van der Waals surface area contributed by atoms with Crippen LogP contribution in [0.25, 0.3) is 11.3 Å². The topological polar surface area (TPSA) is 153 Å². The number of rotatable bonds is 6. The van der Waals surface area contributed by atoms with E-state index in [4.69, 9.17) is 24.7 Å². The zero-order chi connectivity index (χ0) is 26.3. The normalized spacial score (nSPS) is 17.7. The third kappa shape index (κ3) is 3.30. The summed E-state index contributed by atoms with van der Waals surface area (Å²) in [5, 5.41) is 17.5. The molecule has 1 unspecified atom stereocenters. The van der Waals surface area contributed by atoms with E-state index in [9.17, 15) is 14.9 Å². The van der Waals surface area contributed by atoms with Gasteiger partial charge < -0.3 is 24.7 Å². The van der Waals surface area contributed by atoms with Crippen LogP contribution in [0.4, 0.5) is 5.69 Å². The fourth-order valence-electron chi connectivity index (χ4n) is 4.94. The predicted molar refractivity (Wildman–Crippen MR) is 131 cm³/mol. The number of nitrogens with two attached hydrogens (primary N) is 1. The van der Waals surface area contributed by atoms with E-state index >= 15 is 0 Å². The van der Waals surface area contributed by atoms with E-state index in [-0.39, 0.29) is 23.9 Å². The molecule has 0 saturated carbocycles. The van der Waals surface area contributed by atoms with Crippen LogP contribution in [0.2, 0.25) is 0 Å². The average molecular weight is 501 g/mol. The summed E-state index contributed by atoms with van der Waals surface area (Å²) in [7, 11) is 2.76. The number of aromatic nitrogens is 2. The van der Waals surface area contributed by atoms with Gasteiger partial charge in [-0.3, -0.25) is 19.6 Å². The highest BCUT2D eigenvalue weighted by molar-refractivity contribution is 6.16. The lowest BCUT2D eigenvalue weighted by Gasteiger charge is -2.32. The molecule has 37 heavy (non-hydrogen) atoms. The van der Waals surface area contributed by atoms with Gasteiger partial charge in [0.2, 0.25) is 17.7 Å². The molecule has 0 saturated heterocycles. The summed E-state index contributed by atoms with van der Waals surface area (Å²) in [6.45, 7) is 1.96. The molecular formula is C26H23N5O6. The average Bonchev–Trinajstić information content (AvgIpc) is 3.43. The number of benzene rings is 2. The Labute approximate surface area is 212 Å². The van der Waals surface area contributed by atoms with Crippen LogP contribution in [0, 0.1) is 11.3 Å². The predicted octanol–water partition coefficient (Wildman–Crippen LogP) is 2.38. The number of fused-ring (bicyclic) bond motifs is 4. The van der Waals surface area contributed by atoms with Gasteiger partial charge in [-0.1, -0.05) is 18.2 Å². The smallest absolute Gasteiger partial charge is 0.325 e. The lowest BCUT2D eigenvalue weighted by atomic mass is 9.68. The largest absolute Gasteiger partial charge is 0.493 e. The zero-order valence-electron chi connectivity index (χ0n) is 20.3. The first kappa shape index (κ1) is 23.7. The van der Waals surface area contributed by atoms with Gasteiger partial charge in [0.25, 0.3) is 0 Å². The van der Waals surface area contributed by atoms with E-state index in [1.807, 2.05) is 6.92 Å². The van der Waals surface area contributed by atoms with Gasteiger partial charge in [-0.05, 0) is 31.2 Å². The van der Waals surface area contributed by atoms with Crippen molar-refractivity contribution in [3.05, 3.63) is 65.0 Å². The van der Waals surface area contributed by atoms with Gasteiger partial charge in [0.05, 0.1) is 32.1 Å². The van der Waals surface area contributed by atoms with Crippen molar-refractivity contribution in [3.8, 4) is 34.7 Å². The number of amides is 1. The fourth-order valence-corrected chi connectivity index (χ4v) is 4.94. The lowest BCUT2D eigenvalue weighted by molar-refractivity contribution is -0.140. The first-order chi connectivity index (χ1) is 17.9. The van der Waals surface area contributed by atoms with Crippen LogP contribution in [0.15, 0.2) is 53.9 Å². The molecule has 5 rings (SSSR count). The number of nitrogens with one attached hydrogen (secondary N) is 1. The van der Waals surface area contributed by atoms with Gasteiger partial charge in [0.15, 0.2) is 11.5 Å². The fraction of sp³-hybridized carbons (Fsp3) is 0.231. The maximum absolute atomic E-state index is 14.3. The Balaban J connectivity index is 1.80. The number of methoxy groups -OCH3 is 2. The molecule has 2 aliphatic rings. The molecular weight excluding hydrogens is 478 g/mol. The van der Waals surface area contributed by atoms with Crippen molar-refractivity contribution in [2.45, 2.75) is 12.3 Å². The molecule has 1 spiro atoms. The molecule has 2 aromatic carbocycles. The molecule has 0 aliphatic carbocycles. The minimum Gasteiger partial charge on any atom is -0.493 e. The van der Waals surface area contributed by atoms with E-state index in [1.165, 1.54) is 19.1 Å². The summed E-state index contributed by atoms with van der Waals surface area (Å²) < 4.78 is 21.7. The molecule has 2 aliphatic heterocycles. The minimum atomic E-state index is -1.72. The molecule has 3 N–H and O–H groups in total. The monoisotopic (exact) mass is 501 g/mol. The summed E-state index contributed by atoms with van der Waals surface area (Å²) in [5.41, 5.74) is 6.59. The molecule has 3 heterocycles. The maximum atomic E-state index is 14.3. The second kappa shape index (κ2) is 8.91. The van der Waals surface area contributed by atoms with Gasteiger partial charge in [-0.15, -0.1) is 5.10 Å². The van der Waals surface area contributed by atoms with Crippen molar-refractivity contribution in [2.24, 2.45) is 5.73 Å². The van der Waals surface area contributed by atoms with Crippen molar-refractivity contribution in [1.29, 1.82) is 5.26 Å². The Morgan fingerprint density at radius 2 is 2.03 bits per heavy atom. The second-order valence-electron chi connectivity index (χ2n) is 8.27. The minimum absolute atomic E-state index is 0.0439. The van der Waals surface area contributed by atoms with Crippen molar-refractivity contribution in [3.63, 3.8) is 0 Å². The standard InChI is InChI=1S/C26H23N5O6/c1-4-36-18-10-9-14(11-19(18)34-2)22-21-24(30-29-22)37-23(28)16(12-27)26(21)15-7-5-6-8-17(15)31(25(26)33)13-20(32)35-3/h5-11H,4,13,28H2,1-3H3,(H,29,30). The van der Waals surface area contributed by atoms with E-state index in [1.54, 1.807) is 42.5 Å². The molecule has 3 aromatic rings. The SMILES string of the molecule is CCOc1ccc(-c2[nH]nc3c2C2(C(=O)N(CC(=O)OC)c4ccccc42)C(C#N)=C(N)O3)cc1OC. The van der Waals surface area contributed by atoms with E-state index in [0.717, 1.165) is 0 Å². The lowest BCUT2D eigenvalue weighted by Crippen LogP contribution is -2.47. The van der Waals surface area contributed by atoms with E-state index < -0.39 is 17.3 Å². The van der Waals surface area contributed by atoms with Gasteiger partial charge in [-0.2, -0.15) is 5.26 Å². The van der Waals surface area contributed by atoms with Crippen LogP contribution in [0.3, 0.4) is 0 Å². The van der Waals surface area contributed by atoms with Crippen molar-refractivity contribution in [1.82, 2.24) is 10.2 Å². The number of nitriles is 1. The second-order valence-corrected chi connectivity index (χ2v) is 8.27. The van der Waals surface area contributed by atoms with Crippen molar-refractivity contribution < 1.29 is 28.5 Å². The number of hydrogen-bond donors (Lipinski definition) is 2. The third-order valence-corrected chi connectivity index (χ3v) is 6.48. The summed E-state index contributed by atoms with van der Waals surface area (Å²) >= 11 is 0. The Bertz CT molecular complexity index is 1500. The van der Waals surface area contributed by atoms with Crippen LogP contribution in [0.5, 0.6) is 17.4 Å². The summed E-state index contributed by atoms with van der Waals surface area (Å²) in [4.78, 5) is 27.9. The first-order valence-corrected chi connectivity index (χ1v) is 11.4. The quantitative estimate of drug-likeness (QED) is 0.485. The van der Waals surface area contributed by atoms with E-state index in [2.05, 4.69) is 16.3 Å². The number of carbonyl (C=O) groups is 2. The molecule has 1 amide bonds. The molecule has 11 heteroatoms. The highest BCUT2D eigenvalue weighted by atomic mass is 16.5. The Morgan fingerprint density at radius 3 is 2.73 bits per heavy atom. The van der Waals surface area contributed by atoms with Crippen molar-refractivity contribution in [2.75, 3.05) is 32.3 Å². The molecule has 0 radical (unpaired) electrons. The van der Waals surface area contributed by atoms with Crippen LogP contribution in [-0.2, 0) is 19.7 Å². The Kier molecular flexibility index (Phi) is 5.72. The summed E-state index contributed by atoms with van der Waals surface area (Å²) in [6, 6.07) is 14.2. The van der Waals surface area contributed by atoms with E-state index in [0.29, 0.717) is 46.2 Å². The number of para-hydroxylation sites is 1. The first-order valence-electron chi connectivity index (χ1n) is 11.4. The van der Waals surface area contributed by atoms with Gasteiger partial charge in [0.1, 0.15) is 23.6 Å². The van der Waals surface area contributed by atoms with Gasteiger partial charge in [0, 0.05) is 16.8 Å². The highest BCUT2D eigenvalue weighted by Gasteiger charge is 2.61. The number of hydrogen-bond acceptors (Lipinski definition) is 9. The Hall–Kier alpha value is -4.98. The van der Waals surface area contributed by atoms with Crippen LogP contribution in [-0.4, -0.2) is 49.4 Å². The van der Waals surface area contributed by atoms with Gasteiger partial charge in [-0.25, -0.2) is 0 Å². The number of nitrogens with zero attached hydrogens (tertiary/aromatic N) is 3. The summed E-state index contributed by atoms with van der Waals surface area (Å²) in [5.74, 6) is -0.367. The number of ether oxygens (including phenoxy) is 4. The molecule has 1 aromatic heterocycles. The summed E-state index contributed by atoms with van der Waals surface area (Å²) in [6.07, 6.45) is 0. The third-order valence-electron chi connectivity index (χ3n) is 6.48. The molecule has 11 nitrogen and oxygen atoms in total. The number of carbonyl (C=O) groups excluding carboxylic acids is 2.